The lowest BCUT2D eigenvalue weighted by Crippen LogP contribution is -2.07. The summed E-state index contributed by atoms with van der Waals surface area (Å²) in [5.41, 5.74) is 8.16. The summed E-state index contributed by atoms with van der Waals surface area (Å²) in [4.78, 5) is 0. The fourth-order valence-corrected chi connectivity index (χ4v) is 2.00. The highest BCUT2D eigenvalue weighted by atomic mass is 79.9. The van der Waals surface area contributed by atoms with Crippen LogP contribution in [0.3, 0.4) is 0 Å². The predicted molar refractivity (Wildman–Crippen MR) is 79.6 cm³/mol. The minimum atomic E-state index is -0.654. The Balaban J connectivity index is 1.84. The van der Waals surface area contributed by atoms with Crippen LogP contribution in [0, 0.1) is 0 Å². The van der Waals surface area contributed by atoms with E-state index in [0.717, 1.165) is 15.6 Å². The fraction of sp³-hybridized carbons (Fsp3) is 0.200. The highest BCUT2D eigenvalue weighted by molar-refractivity contribution is 9.10. The second-order valence-electron chi connectivity index (χ2n) is 4.33. The molecule has 2 aromatic rings. The first-order valence-electron chi connectivity index (χ1n) is 6.01. The van der Waals surface area contributed by atoms with Gasteiger partial charge in [-0.2, -0.15) is 0 Å². The first kappa shape index (κ1) is 14.1. The van der Waals surface area contributed by atoms with Crippen LogP contribution in [0.5, 0.6) is 0 Å². The van der Waals surface area contributed by atoms with Gasteiger partial charge in [-0.1, -0.05) is 40.2 Å². The lowest BCUT2D eigenvalue weighted by atomic mass is 10.1. The molecule has 1 atom stereocenters. The molecule has 4 heteroatoms. The molecule has 0 aromatic heterocycles. The van der Waals surface area contributed by atoms with Gasteiger partial charge in [0.15, 0.2) is 0 Å². The molecule has 2 aromatic carbocycles. The lowest BCUT2D eigenvalue weighted by Gasteiger charge is -2.12. The van der Waals surface area contributed by atoms with Crippen molar-refractivity contribution in [1.29, 1.82) is 0 Å². The number of aliphatic hydroxyl groups is 1. The van der Waals surface area contributed by atoms with E-state index in [1.54, 1.807) is 12.1 Å². The Labute approximate surface area is 121 Å². The number of hydrogen-bond acceptors (Lipinski definition) is 3. The van der Waals surface area contributed by atoms with Crippen molar-refractivity contribution in [2.75, 3.05) is 12.3 Å². The standard InChI is InChI=1S/C15H16BrNO2/c16-13-6-4-11(5-7-13)9-19-10-15(18)12-2-1-3-14(17)8-12/h1-8,15,18H,9-10,17H2. The summed E-state index contributed by atoms with van der Waals surface area (Å²) in [6.45, 7) is 0.728. The van der Waals surface area contributed by atoms with Crippen molar-refractivity contribution in [2.24, 2.45) is 0 Å². The fourth-order valence-electron chi connectivity index (χ4n) is 1.73. The van der Waals surface area contributed by atoms with Crippen molar-refractivity contribution in [3.05, 3.63) is 64.1 Å². The van der Waals surface area contributed by atoms with Gasteiger partial charge in [-0.15, -0.1) is 0 Å². The molecule has 19 heavy (non-hydrogen) atoms. The Morgan fingerprint density at radius 3 is 2.58 bits per heavy atom. The van der Waals surface area contributed by atoms with E-state index in [2.05, 4.69) is 15.9 Å². The summed E-state index contributed by atoms with van der Waals surface area (Å²) in [6.07, 6.45) is -0.654. The zero-order valence-corrected chi connectivity index (χ0v) is 12.0. The number of halogens is 1. The van der Waals surface area contributed by atoms with E-state index in [4.69, 9.17) is 10.5 Å². The quantitative estimate of drug-likeness (QED) is 0.831. The lowest BCUT2D eigenvalue weighted by molar-refractivity contribution is 0.0277. The second-order valence-corrected chi connectivity index (χ2v) is 5.24. The first-order chi connectivity index (χ1) is 9.15. The summed E-state index contributed by atoms with van der Waals surface area (Å²) in [7, 11) is 0. The number of rotatable bonds is 5. The van der Waals surface area contributed by atoms with Crippen LogP contribution in [0.4, 0.5) is 5.69 Å². The third-order valence-corrected chi connectivity index (χ3v) is 3.28. The molecular formula is C15H16BrNO2. The normalized spacial score (nSPS) is 12.3. The Bertz CT molecular complexity index is 528. The Hall–Kier alpha value is -1.36. The molecule has 0 aliphatic carbocycles. The number of anilines is 1. The van der Waals surface area contributed by atoms with Crippen molar-refractivity contribution < 1.29 is 9.84 Å². The summed E-state index contributed by atoms with van der Waals surface area (Å²) >= 11 is 3.38. The van der Waals surface area contributed by atoms with E-state index in [1.165, 1.54) is 0 Å². The van der Waals surface area contributed by atoms with Crippen LogP contribution in [0.15, 0.2) is 53.0 Å². The summed E-state index contributed by atoms with van der Waals surface area (Å²) in [5, 5.41) is 9.98. The molecule has 0 heterocycles. The van der Waals surface area contributed by atoms with Gasteiger partial charge in [-0.05, 0) is 35.4 Å². The van der Waals surface area contributed by atoms with E-state index in [1.807, 2.05) is 36.4 Å². The van der Waals surface area contributed by atoms with E-state index in [-0.39, 0.29) is 6.61 Å². The first-order valence-corrected chi connectivity index (χ1v) is 6.80. The highest BCUT2D eigenvalue weighted by Crippen LogP contribution is 2.17. The number of hydrogen-bond donors (Lipinski definition) is 2. The van der Waals surface area contributed by atoms with E-state index in [0.29, 0.717) is 12.3 Å². The molecule has 2 rings (SSSR count). The molecule has 0 radical (unpaired) electrons. The van der Waals surface area contributed by atoms with Crippen LogP contribution in [-0.2, 0) is 11.3 Å². The van der Waals surface area contributed by atoms with Gasteiger partial charge in [0.2, 0.25) is 0 Å². The Morgan fingerprint density at radius 1 is 1.16 bits per heavy atom. The van der Waals surface area contributed by atoms with E-state index in [9.17, 15) is 5.11 Å². The van der Waals surface area contributed by atoms with Crippen molar-refractivity contribution in [3.8, 4) is 0 Å². The van der Waals surface area contributed by atoms with Crippen LogP contribution >= 0.6 is 15.9 Å². The maximum Gasteiger partial charge on any atom is 0.102 e. The number of nitrogens with two attached hydrogens (primary N) is 1. The van der Waals surface area contributed by atoms with Gasteiger partial charge in [0, 0.05) is 10.2 Å². The maximum atomic E-state index is 9.98. The molecule has 100 valence electrons. The molecule has 0 aliphatic heterocycles. The zero-order chi connectivity index (χ0) is 13.7. The SMILES string of the molecule is Nc1cccc(C(O)COCc2ccc(Br)cc2)c1. The predicted octanol–water partition coefficient (Wildman–Crippen LogP) is 3.28. The van der Waals surface area contributed by atoms with Crippen molar-refractivity contribution >= 4 is 21.6 Å². The largest absolute Gasteiger partial charge is 0.399 e. The Kier molecular flexibility index (Phi) is 4.96. The minimum absolute atomic E-state index is 0.250. The molecule has 1 unspecified atom stereocenters. The average molecular weight is 322 g/mol. The van der Waals surface area contributed by atoms with Crippen molar-refractivity contribution in [2.45, 2.75) is 12.7 Å². The molecule has 0 saturated heterocycles. The maximum absolute atomic E-state index is 9.98. The van der Waals surface area contributed by atoms with Gasteiger partial charge in [-0.3, -0.25) is 0 Å². The third-order valence-electron chi connectivity index (χ3n) is 2.75. The zero-order valence-electron chi connectivity index (χ0n) is 10.4. The van der Waals surface area contributed by atoms with Gasteiger partial charge >= 0.3 is 0 Å². The number of ether oxygens (including phenoxy) is 1. The van der Waals surface area contributed by atoms with Crippen molar-refractivity contribution in [1.82, 2.24) is 0 Å². The second kappa shape index (κ2) is 6.70. The highest BCUT2D eigenvalue weighted by Gasteiger charge is 2.07. The summed E-state index contributed by atoms with van der Waals surface area (Å²) < 4.78 is 6.55. The van der Waals surface area contributed by atoms with Crippen LogP contribution < -0.4 is 5.73 Å². The monoisotopic (exact) mass is 321 g/mol. The summed E-state index contributed by atoms with van der Waals surface area (Å²) in [6, 6.07) is 15.1. The number of nitrogen functional groups attached to an aromatic ring is 1. The molecule has 0 spiro atoms. The van der Waals surface area contributed by atoms with E-state index < -0.39 is 6.10 Å². The molecule has 0 saturated carbocycles. The minimum Gasteiger partial charge on any atom is -0.399 e. The molecule has 0 bridgehead atoms. The van der Waals surface area contributed by atoms with Gasteiger partial charge in [0.05, 0.1) is 13.2 Å². The van der Waals surface area contributed by atoms with Gasteiger partial charge in [-0.25, -0.2) is 0 Å². The number of aliphatic hydroxyl groups excluding tert-OH is 1. The van der Waals surface area contributed by atoms with Crippen LogP contribution in [0.2, 0.25) is 0 Å². The van der Waals surface area contributed by atoms with Crippen molar-refractivity contribution in [3.63, 3.8) is 0 Å². The van der Waals surface area contributed by atoms with Crippen LogP contribution in [-0.4, -0.2) is 11.7 Å². The molecule has 0 amide bonds. The van der Waals surface area contributed by atoms with Gasteiger partial charge in [0.1, 0.15) is 6.10 Å². The summed E-state index contributed by atoms with van der Waals surface area (Å²) in [5.74, 6) is 0. The molecule has 3 nitrogen and oxygen atoms in total. The van der Waals surface area contributed by atoms with Crippen LogP contribution in [0.25, 0.3) is 0 Å². The van der Waals surface area contributed by atoms with Gasteiger partial charge < -0.3 is 15.6 Å². The molecular weight excluding hydrogens is 306 g/mol. The topological polar surface area (TPSA) is 55.5 Å². The number of benzene rings is 2. The molecule has 0 aliphatic rings. The average Bonchev–Trinajstić information content (AvgIpc) is 2.41. The van der Waals surface area contributed by atoms with Crippen LogP contribution in [0.1, 0.15) is 17.2 Å². The Morgan fingerprint density at radius 2 is 1.89 bits per heavy atom. The van der Waals surface area contributed by atoms with E-state index >= 15 is 0 Å². The van der Waals surface area contributed by atoms with Gasteiger partial charge in [0.25, 0.3) is 0 Å². The molecule has 3 N–H and O–H groups in total. The smallest absolute Gasteiger partial charge is 0.102 e. The molecule has 0 fully saturated rings. The third kappa shape index (κ3) is 4.35.